The van der Waals surface area contributed by atoms with E-state index in [4.69, 9.17) is 0 Å². The molecule has 2 fully saturated rings. The summed E-state index contributed by atoms with van der Waals surface area (Å²) < 4.78 is 1.69. The van der Waals surface area contributed by atoms with Crippen LogP contribution in [0.3, 0.4) is 0 Å². The van der Waals surface area contributed by atoms with Crippen LogP contribution in [0.5, 0.6) is 0 Å². The number of carbonyl (C=O) groups is 1. The van der Waals surface area contributed by atoms with Crippen molar-refractivity contribution in [2.45, 2.75) is 25.7 Å². The van der Waals surface area contributed by atoms with Crippen LogP contribution >= 0.6 is 11.3 Å². The predicted octanol–water partition coefficient (Wildman–Crippen LogP) is 3.28. The fourth-order valence-corrected chi connectivity index (χ4v) is 5.15. The van der Waals surface area contributed by atoms with Crippen LogP contribution in [0.1, 0.15) is 36.2 Å². The summed E-state index contributed by atoms with van der Waals surface area (Å²) >= 11 is 1.63. The number of aryl methyl sites for hydroxylation is 1. The molecular weight excluding hydrogens is 422 g/mol. The largest absolute Gasteiger partial charge is 0.355 e. The van der Waals surface area contributed by atoms with E-state index in [0.29, 0.717) is 18.8 Å². The smallest absolute Gasteiger partial charge is 0.272 e. The lowest BCUT2D eigenvalue weighted by Crippen LogP contribution is -2.49. The Labute approximate surface area is 192 Å². The summed E-state index contributed by atoms with van der Waals surface area (Å²) in [4.78, 5) is 20.7. The van der Waals surface area contributed by atoms with Crippen molar-refractivity contribution in [3.05, 3.63) is 41.4 Å². The van der Waals surface area contributed by atoms with Crippen molar-refractivity contribution in [1.82, 2.24) is 24.9 Å². The van der Waals surface area contributed by atoms with Crippen molar-refractivity contribution in [1.29, 1.82) is 0 Å². The third-order valence-electron chi connectivity index (χ3n) is 6.33. The maximum Gasteiger partial charge on any atom is 0.272 e. The van der Waals surface area contributed by atoms with E-state index in [9.17, 15) is 4.79 Å². The van der Waals surface area contributed by atoms with Gasteiger partial charge in [-0.25, -0.2) is 0 Å². The van der Waals surface area contributed by atoms with E-state index < -0.39 is 0 Å². The number of carbonyl (C=O) groups excluding carboxylic acids is 1. The van der Waals surface area contributed by atoms with Crippen molar-refractivity contribution in [2.75, 3.05) is 49.1 Å². The van der Waals surface area contributed by atoms with E-state index >= 15 is 0 Å². The van der Waals surface area contributed by atoms with Gasteiger partial charge >= 0.3 is 0 Å². The zero-order valence-corrected chi connectivity index (χ0v) is 19.3. The Kier molecular flexibility index (Phi) is 6.07. The topological polar surface area (TPSA) is 70.4 Å². The normalized spacial score (nSPS) is 17.5. The summed E-state index contributed by atoms with van der Waals surface area (Å²) in [6.45, 7) is 4.95. The maximum atomic E-state index is 13.1. The lowest BCUT2D eigenvalue weighted by Gasteiger charge is -2.35. The van der Waals surface area contributed by atoms with Crippen LogP contribution in [0.2, 0.25) is 0 Å². The van der Waals surface area contributed by atoms with E-state index in [1.165, 1.54) is 25.7 Å². The summed E-state index contributed by atoms with van der Waals surface area (Å²) in [7, 11) is 1.84. The van der Waals surface area contributed by atoms with Gasteiger partial charge in [0, 0.05) is 46.3 Å². The van der Waals surface area contributed by atoms with Crippen LogP contribution in [-0.4, -0.2) is 70.1 Å². The minimum atomic E-state index is 0.0325. The molecule has 2 saturated heterocycles. The second kappa shape index (κ2) is 9.28. The third-order valence-corrected chi connectivity index (χ3v) is 7.22. The Bertz CT molecular complexity index is 1030. The fraction of sp³-hybridized carbons (Fsp3) is 0.478. The second-order valence-corrected chi connectivity index (χ2v) is 9.39. The van der Waals surface area contributed by atoms with Gasteiger partial charge in [-0.2, -0.15) is 5.10 Å². The van der Waals surface area contributed by atoms with Gasteiger partial charge in [0.15, 0.2) is 11.6 Å². The number of hydrogen-bond donors (Lipinski definition) is 0. The van der Waals surface area contributed by atoms with Crippen LogP contribution in [0.25, 0.3) is 10.6 Å². The fourth-order valence-electron chi connectivity index (χ4n) is 4.47. The number of anilines is 2. The van der Waals surface area contributed by atoms with Crippen molar-refractivity contribution in [2.24, 2.45) is 7.05 Å². The Balaban J connectivity index is 1.20. The van der Waals surface area contributed by atoms with Gasteiger partial charge in [-0.05, 0) is 42.5 Å². The van der Waals surface area contributed by atoms with E-state index in [-0.39, 0.29) is 5.91 Å². The highest BCUT2D eigenvalue weighted by Crippen LogP contribution is 2.25. The highest BCUT2D eigenvalue weighted by molar-refractivity contribution is 7.13. The maximum absolute atomic E-state index is 13.1. The van der Waals surface area contributed by atoms with Gasteiger partial charge in [0.2, 0.25) is 0 Å². The molecule has 0 unspecified atom stereocenters. The van der Waals surface area contributed by atoms with Gasteiger partial charge in [-0.3, -0.25) is 9.48 Å². The van der Waals surface area contributed by atoms with Crippen LogP contribution in [0.15, 0.2) is 35.7 Å². The van der Waals surface area contributed by atoms with Gasteiger partial charge in [-0.15, -0.1) is 21.5 Å². The summed E-state index contributed by atoms with van der Waals surface area (Å²) in [6.07, 6.45) is 5.06. The predicted molar refractivity (Wildman–Crippen MR) is 127 cm³/mol. The molecule has 0 saturated carbocycles. The molecule has 0 aromatic carbocycles. The van der Waals surface area contributed by atoms with Crippen molar-refractivity contribution in [3.8, 4) is 10.6 Å². The molecule has 0 bridgehead atoms. The summed E-state index contributed by atoms with van der Waals surface area (Å²) in [5.41, 5.74) is 1.48. The van der Waals surface area contributed by atoms with Crippen molar-refractivity contribution in [3.63, 3.8) is 0 Å². The highest BCUT2D eigenvalue weighted by Gasteiger charge is 2.26. The lowest BCUT2D eigenvalue weighted by atomic mass is 10.2. The molecule has 9 heteroatoms. The average Bonchev–Trinajstić information content (AvgIpc) is 3.42. The summed E-state index contributed by atoms with van der Waals surface area (Å²) in [5.74, 6) is 1.89. The quantitative estimate of drug-likeness (QED) is 0.606. The first kappa shape index (κ1) is 20.9. The molecule has 32 heavy (non-hydrogen) atoms. The molecule has 3 aromatic rings. The van der Waals surface area contributed by atoms with Crippen LogP contribution in [-0.2, 0) is 7.05 Å². The molecule has 0 N–H and O–H groups in total. The van der Waals surface area contributed by atoms with Crippen molar-refractivity contribution >= 4 is 28.9 Å². The number of hydrogen-bond acceptors (Lipinski definition) is 7. The van der Waals surface area contributed by atoms with Crippen LogP contribution in [0, 0.1) is 0 Å². The molecule has 2 aliphatic rings. The molecule has 3 aromatic heterocycles. The molecule has 8 nitrogen and oxygen atoms in total. The molecule has 0 radical (unpaired) electrons. The van der Waals surface area contributed by atoms with E-state index in [1.807, 2.05) is 35.5 Å². The Morgan fingerprint density at radius 3 is 2.12 bits per heavy atom. The van der Waals surface area contributed by atoms with Crippen LogP contribution in [0.4, 0.5) is 11.6 Å². The van der Waals surface area contributed by atoms with E-state index in [1.54, 1.807) is 16.0 Å². The first-order valence-corrected chi connectivity index (χ1v) is 12.3. The van der Waals surface area contributed by atoms with Gasteiger partial charge in [0.1, 0.15) is 11.4 Å². The molecule has 0 aliphatic carbocycles. The zero-order valence-electron chi connectivity index (χ0n) is 18.5. The Morgan fingerprint density at radius 2 is 1.53 bits per heavy atom. The van der Waals surface area contributed by atoms with Gasteiger partial charge in [0.05, 0.1) is 4.88 Å². The lowest BCUT2D eigenvalue weighted by molar-refractivity contribution is 0.0735. The number of aromatic nitrogens is 4. The summed E-state index contributed by atoms with van der Waals surface area (Å²) in [6, 6.07) is 10.1. The monoisotopic (exact) mass is 451 g/mol. The van der Waals surface area contributed by atoms with E-state index in [2.05, 4.69) is 37.2 Å². The Morgan fingerprint density at radius 1 is 0.875 bits per heavy atom. The number of rotatable bonds is 4. The molecule has 1 amide bonds. The number of nitrogens with zero attached hydrogens (tertiary/aromatic N) is 7. The minimum absolute atomic E-state index is 0.0325. The number of thiophene rings is 1. The van der Waals surface area contributed by atoms with Gasteiger partial charge < -0.3 is 14.7 Å². The number of piperazine rings is 1. The molecular formula is C23H29N7OS. The first-order chi connectivity index (χ1) is 15.7. The highest BCUT2D eigenvalue weighted by atomic mass is 32.1. The van der Waals surface area contributed by atoms with Gasteiger partial charge in [-0.1, -0.05) is 18.9 Å². The molecule has 0 atom stereocenters. The van der Waals surface area contributed by atoms with Crippen LogP contribution < -0.4 is 9.80 Å². The molecule has 5 heterocycles. The average molecular weight is 452 g/mol. The Hall–Kier alpha value is -2.94. The SMILES string of the molecule is Cn1nc(-c2cccs2)cc1C(=O)N1CCN(c2ccc(N3CCCCCC3)nn2)CC1. The number of amides is 1. The van der Waals surface area contributed by atoms with E-state index in [0.717, 1.165) is 48.4 Å². The molecule has 2 aliphatic heterocycles. The summed E-state index contributed by atoms with van der Waals surface area (Å²) in [5, 5.41) is 15.6. The standard InChI is InChI=1S/C23H29N7OS/c1-27-19(17-18(26-27)20-7-6-16-32-20)23(31)30-14-12-29(13-15-30)22-9-8-21(24-25-22)28-10-4-2-3-5-11-28/h6-9,16-17H,2-5,10-15H2,1H3. The second-order valence-electron chi connectivity index (χ2n) is 8.45. The molecule has 5 rings (SSSR count). The van der Waals surface area contributed by atoms with Gasteiger partial charge in [0.25, 0.3) is 5.91 Å². The third kappa shape index (κ3) is 4.34. The van der Waals surface area contributed by atoms with Crippen molar-refractivity contribution < 1.29 is 4.79 Å². The molecule has 168 valence electrons. The first-order valence-electron chi connectivity index (χ1n) is 11.4. The molecule has 0 spiro atoms. The minimum Gasteiger partial charge on any atom is -0.355 e. The zero-order chi connectivity index (χ0) is 21.9.